The van der Waals surface area contributed by atoms with Gasteiger partial charge in [0, 0.05) is 19.2 Å². The molecular weight excluding hydrogens is 138 g/mol. The van der Waals surface area contributed by atoms with E-state index in [1.54, 1.807) is 7.11 Å². The van der Waals surface area contributed by atoms with Crippen molar-refractivity contribution < 1.29 is 4.74 Å². The van der Waals surface area contributed by atoms with Crippen molar-refractivity contribution in [3.05, 3.63) is 0 Å². The maximum absolute atomic E-state index is 5.22. The monoisotopic (exact) mass is 157 g/mol. The van der Waals surface area contributed by atoms with Crippen molar-refractivity contribution in [2.75, 3.05) is 14.2 Å². The number of ether oxygens (including phenoxy) is 1. The first kappa shape index (κ1) is 9.01. The van der Waals surface area contributed by atoms with Crippen LogP contribution in [0.4, 0.5) is 0 Å². The fourth-order valence-corrected chi connectivity index (χ4v) is 1.48. The Balaban J connectivity index is 2.21. The Morgan fingerprint density at radius 1 is 1.36 bits per heavy atom. The summed E-state index contributed by atoms with van der Waals surface area (Å²) in [6.45, 7) is 4.47. The minimum absolute atomic E-state index is 0.529. The lowest BCUT2D eigenvalue weighted by Gasteiger charge is -2.42. The summed E-state index contributed by atoms with van der Waals surface area (Å²) >= 11 is 0. The van der Waals surface area contributed by atoms with E-state index >= 15 is 0 Å². The highest BCUT2D eigenvalue weighted by molar-refractivity contribution is 4.87. The average molecular weight is 157 g/mol. The molecule has 0 aliphatic heterocycles. The van der Waals surface area contributed by atoms with E-state index in [-0.39, 0.29) is 0 Å². The molecule has 0 radical (unpaired) electrons. The predicted molar refractivity (Wildman–Crippen MR) is 46.7 cm³/mol. The molecule has 0 unspecified atom stereocenters. The molecule has 2 heteroatoms. The zero-order valence-electron chi connectivity index (χ0n) is 8.00. The summed E-state index contributed by atoms with van der Waals surface area (Å²) in [5.41, 5.74) is 0. The van der Waals surface area contributed by atoms with Crippen LogP contribution < -0.4 is 0 Å². The highest BCUT2D eigenvalue weighted by atomic mass is 16.5. The molecule has 1 saturated carbocycles. The maximum atomic E-state index is 5.22. The van der Waals surface area contributed by atoms with E-state index in [2.05, 4.69) is 25.8 Å². The fourth-order valence-electron chi connectivity index (χ4n) is 1.48. The molecule has 0 aromatic carbocycles. The number of hydrogen-bond acceptors (Lipinski definition) is 2. The third-order valence-corrected chi connectivity index (χ3v) is 2.79. The SMILES string of the molecule is COC1CC(N(C)C(C)C)C1. The lowest BCUT2D eigenvalue weighted by Crippen LogP contribution is -2.48. The molecule has 0 amide bonds. The molecule has 1 aliphatic carbocycles. The van der Waals surface area contributed by atoms with Crippen LogP contribution in [0.15, 0.2) is 0 Å². The fraction of sp³-hybridized carbons (Fsp3) is 1.00. The third kappa shape index (κ3) is 1.94. The lowest BCUT2D eigenvalue weighted by atomic mass is 9.87. The molecule has 1 fully saturated rings. The lowest BCUT2D eigenvalue weighted by molar-refractivity contribution is -0.0273. The summed E-state index contributed by atoms with van der Waals surface area (Å²) in [4.78, 5) is 2.43. The zero-order chi connectivity index (χ0) is 8.43. The van der Waals surface area contributed by atoms with Crippen LogP contribution in [0.3, 0.4) is 0 Å². The van der Waals surface area contributed by atoms with E-state index in [4.69, 9.17) is 4.74 Å². The van der Waals surface area contributed by atoms with Crippen LogP contribution in [-0.4, -0.2) is 37.2 Å². The number of hydrogen-bond donors (Lipinski definition) is 0. The molecule has 0 bridgehead atoms. The van der Waals surface area contributed by atoms with Gasteiger partial charge in [-0.1, -0.05) is 0 Å². The highest BCUT2D eigenvalue weighted by Gasteiger charge is 2.32. The molecule has 0 atom stereocenters. The molecule has 0 aromatic heterocycles. The number of methoxy groups -OCH3 is 1. The Labute approximate surface area is 69.5 Å². The van der Waals surface area contributed by atoms with Crippen molar-refractivity contribution in [2.24, 2.45) is 0 Å². The summed E-state index contributed by atoms with van der Waals surface area (Å²) in [5.74, 6) is 0. The van der Waals surface area contributed by atoms with Crippen LogP contribution in [0.2, 0.25) is 0 Å². The third-order valence-electron chi connectivity index (χ3n) is 2.79. The van der Waals surface area contributed by atoms with E-state index in [0.717, 1.165) is 6.04 Å². The highest BCUT2D eigenvalue weighted by Crippen LogP contribution is 2.27. The van der Waals surface area contributed by atoms with Crippen LogP contribution in [0.25, 0.3) is 0 Å². The molecule has 66 valence electrons. The van der Waals surface area contributed by atoms with Gasteiger partial charge in [-0.2, -0.15) is 0 Å². The van der Waals surface area contributed by atoms with Crippen molar-refractivity contribution in [1.82, 2.24) is 4.90 Å². The van der Waals surface area contributed by atoms with Gasteiger partial charge in [0.2, 0.25) is 0 Å². The van der Waals surface area contributed by atoms with Gasteiger partial charge in [-0.25, -0.2) is 0 Å². The molecular formula is C9H19NO. The van der Waals surface area contributed by atoms with Crippen molar-refractivity contribution in [1.29, 1.82) is 0 Å². The first-order valence-electron chi connectivity index (χ1n) is 4.40. The van der Waals surface area contributed by atoms with Crippen molar-refractivity contribution in [2.45, 2.75) is 44.9 Å². The molecule has 0 aromatic rings. The summed E-state index contributed by atoms with van der Waals surface area (Å²) in [6.07, 6.45) is 2.96. The Hall–Kier alpha value is -0.0800. The first-order valence-corrected chi connectivity index (χ1v) is 4.40. The average Bonchev–Trinajstić information content (AvgIpc) is 1.85. The second kappa shape index (κ2) is 3.55. The molecule has 0 spiro atoms. The van der Waals surface area contributed by atoms with Gasteiger partial charge in [0.25, 0.3) is 0 Å². The Bertz CT molecular complexity index is 119. The van der Waals surface area contributed by atoms with Crippen LogP contribution in [0.5, 0.6) is 0 Å². The smallest absolute Gasteiger partial charge is 0.0601 e. The number of nitrogens with zero attached hydrogens (tertiary/aromatic N) is 1. The summed E-state index contributed by atoms with van der Waals surface area (Å²) in [6, 6.07) is 1.43. The van der Waals surface area contributed by atoms with Gasteiger partial charge in [0.15, 0.2) is 0 Å². The van der Waals surface area contributed by atoms with E-state index in [9.17, 15) is 0 Å². The van der Waals surface area contributed by atoms with Gasteiger partial charge in [0.1, 0.15) is 0 Å². The molecule has 1 rings (SSSR count). The molecule has 2 nitrogen and oxygen atoms in total. The van der Waals surface area contributed by atoms with Crippen LogP contribution in [-0.2, 0) is 4.74 Å². The standard InChI is InChI=1S/C9H19NO/c1-7(2)10(3)8-5-9(6-8)11-4/h7-9H,5-6H2,1-4H3. The van der Waals surface area contributed by atoms with Gasteiger partial charge in [0.05, 0.1) is 6.10 Å². The largest absolute Gasteiger partial charge is 0.381 e. The summed E-state index contributed by atoms with van der Waals surface area (Å²) < 4.78 is 5.22. The molecule has 0 saturated heterocycles. The minimum Gasteiger partial charge on any atom is -0.381 e. The molecule has 0 N–H and O–H groups in total. The van der Waals surface area contributed by atoms with Gasteiger partial charge >= 0.3 is 0 Å². The number of rotatable bonds is 3. The minimum atomic E-state index is 0.529. The molecule has 11 heavy (non-hydrogen) atoms. The zero-order valence-corrected chi connectivity index (χ0v) is 8.00. The molecule has 1 aliphatic rings. The van der Waals surface area contributed by atoms with Crippen LogP contribution in [0.1, 0.15) is 26.7 Å². The summed E-state index contributed by atoms with van der Waals surface area (Å²) in [5, 5.41) is 0. The van der Waals surface area contributed by atoms with Crippen molar-refractivity contribution >= 4 is 0 Å². The van der Waals surface area contributed by atoms with E-state index < -0.39 is 0 Å². The van der Waals surface area contributed by atoms with Gasteiger partial charge < -0.3 is 9.64 Å². The van der Waals surface area contributed by atoms with E-state index in [1.807, 2.05) is 0 Å². The Kier molecular flexibility index (Phi) is 2.90. The molecule has 0 heterocycles. The second-order valence-electron chi connectivity index (χ2n) is 3.74. The second-order valence-corrected chi connectivity index (χ2v) is 3.74. The quantitative estimate of drug-likeness (QED) is 0.615. The van der Waals surface area contributed by atoms with Gasteiger partial charge in [-0.05, 0) is 33.7 Å². The van der Waals surface area contributed by atoms with E-state index in [1.165, 1.54) is 12.8 Å². The van der Waals surface area contributed by atoms with Gasteiger partial charge in [-0.3, -0.25) is 0 Å². The van der Waals surface area contributed by atoms with Gasteiger partial charge in [-0.15, -0.1) is 0 Å². The normalized spacial score (nSPS) is 31.1. The van der Waals surface area contributed by atoms with Crippen LogP contribution in [0, 0.1) is 0 Å². The van der Waals surface area contributed by atoms with Crippen LogP contribution >= 0.6 is 0 Å². The van der Waals surface area contributed by atoms with E-state index in [0.29, 0.717) is 12.1 Å². The maximum Gasteiger partial charge on any atom is 0.0601 e. The first-order chi connectivity index (χ1) is 5.15. The Morgan fingerprint density at radius 2 is 1.91 bits per heavy atom. The van der Waals surface area contributed by atoms with Crippen molar-refractivity contribution in [3.8, 4) is 0 Å². The van der Waals surface area contributed by atoms with Crippen molar-refractivity contribution in [3.63, 3.8) is 0 Å². The summed E-state index contributed by atoms with van der Waals surface area (Å²) in [7, 11) is 4.00. The topological polar surface area (TPSA) is 12.5 Å². The predicted octanol–water partition coefficient (Wildman–Crippen LogP) is 1.50. The Morgan fingerprint density at radius 3 is 2.27 bits per heavy atom.